The Hall–Kier alpha value is -0.0000000000000000555. The van der Waals surface area contributed by atoms with Crippen molar-refractivity contribution in [1.82, 2.24) is 5.32 Å². The number of hydrogen-bond donors (Lipinski definition) is 1. The Kier molecular flexibility index (Phi) is 6.63. The highest BCUT2D eigenvalue weighted by molar-refractivity contribution is 14.1. The van der Waals surface area contributed by atoms with E-state index in [1.54, 1.807) is 6.07 Å². The van der Waals surface area contributed by atoms with E-state index in [2.05, 4.69) is 40.9 Å². The van der Waals surface area contributed by atoms with Crippen LogP contribution < -0.4 is 5.32 Å². The van der Waals surface area contributed by atoms with Crippen molar-refractivity contribution in [2.24, 2.45) is 0 Å². The molecule has 0 aliphatic carbocycles. The summed E-state index contributed by atoms with van der Waals surface area (Å²) in [7, 11) is 0. The topological polar surface area (TPSA) is 12.0 Å². The summed E-state index contributed by atoms with van der Waals surface area (Å²) in [6.07, 6.45) is 0.768. The fourth-order valence-electron chi connectivity index (χ4n) is 2.21. The van der Waals surface area contributed by atoms with E-state index in [0.29, 0.717) is 10.0 Å². The SMILES string of the molecule is CCNC(Cc1cccc(Cl)c1Cl)c1ccc(I)c(Cl)c1. The second-order valence-electron chi connectivity index (χ2n) is 4.70. The molecule has 0 aromatic heterocycles. The zero-order valence-corrected chi connectivity index (χ0v) is 15.9. The van der Waals surface area contributed by atoms with Gasteiger partial charge in [0.1, 0.15) is 0 Å². The molecule has 0 radical (unpaired) electrons. The molecule has 0 spiro atoms. The van der Waals surface area contributed by atoms with Gasteiger partial charge in [0.05, 0.1) is 15.1 Å². The van der Waals surface area contributed by atoms with Crippen LogP contribution in [-0.4, -0.2) is 6.54 Å². The van der Waals surface area contributed by atoms with Crippen LogP contribution in [0, 0.1) is 3.57 Å². The van der Waals surface area contributed by atoms with Gasteiger partial charge in [-0.05, 0) is 64.9 Å². The molecule has 2 aromatic rings. The van der Waals surface area contributed by atoms with Crippen LogP contribution >= 0.6 is 57.4 Å². The third-order valence-corrected chi connectivity index (χ3v) is 5.68. The third-order valence-electron chi connectivity index (χ3n) is 3.25. The molecule has 0 aliphatic rings. The van der Waals surface area contributed by atoms with Gasteiger partial charge in [-0.1, -0.05) is 59.9 Å². The van der Waals surface area contributed by atoms with Gasteiger partial charge in [-0.3, -0.25) is 0 Å². The van der Waals surface area contributed by atoms with E-state index in [9.17, 15) is 0 Å². The summed E-state index contributed by atoms with van der Waals surface area (Å²) in [6.45, 7) is 2.95. The lowest BCUT2D eigenvalue weighted by molar-refractivity contribution is 0.550. The summed E-state index contributed by atoms with van der Waals surface area (Å²) < 4.78 is 1.05. The molecule has 0 saturated heterocycles. The fourth-order valence-corrected chi connectivity index (χ4v) is 3.13. The lowest BCUT2D eigenvalue weighted by Crippen LogP contribution is -2.23. The average molecular weight is 455 g/mol. The molecule has 0 amide bonds. The molecule has 0 heterocycles. The highest BCUT2D eigenvalue weighted by Crippen LogP contribution is 2.30. The van der Waals surface area contributed by atoms with Gasteiger partial charge in [-0.15, -0.1) is 0 Å². The zero-order valence-electron chi connectivity index (χ0n) is 11.5. The Morgan fingerprint density at radius 1 is 1.10 bits per heavy atom. The highest BCUT2D eigenvalue weighted by Gasteiger charge is 2.15. The molecule has 21 heavy (non-hydrogen) atoms. The number of rotatable bonds is 5. The molecule has 1 unspecified atom stereocenters. The summed E-state index contributed by atoms with van der Waals surface area (Å²) in [5.74, 6) is 0. The van der Waals surface area contributed by atoms with E-state index in [0.717, 1.165) is 32.7 Å². The summed E-state index contributed by atoms with van der Waals surface area (Å²) in [5.41, 5.74) is 2.18. The van der Waals surface area contributed by atoms with Crippen LogP contribution in [0.3, 0.4) is 0 Å². The van der Waals surface area contributed by atoms with Crippen molar-refractivity contribution in [3.05, 3.63) is 66.2 Å². The second-order valence-corrected chi connectivity index (χ2v) is 7.06. The van der Waals surface area contributed by atoms with Gasteiger partial charge in [0, 0.05) is 9.61 Å². The summed E-state index contributed by atoms with van der Waals surface area (Å²) in [4.78, 5) is 0. The van der Waals surface area contributed by atoms with Gasteiger partial charge in [-0.2, -0.15) is 0 Å². The van der Waals surface area contributed by atoms with Crippen LogP contribution in [0.15, 0.2) is 36.4 Å². The Morgan fingerprint density at radius 2 is 1.86 bits per heavy atom. The predicted molar refractivity (Wildman–Crippen MR) is 101 cm³/mol. The van der Waals surface area contributed by atoms with Crippen LogP contribution in [0.4, 0.5) is 0 Å². The van der Waals surface area contributed by atoms with E-state index in [4.69, 9.17) is 34.8 Å². The standard InChI is InChI=1S/C16H15Cl3IN/c1-2-21-15(10-6-7-14(20)13(18)8-10)9-11-4-3-5-12(17)16(11)19/h3-8,15,21H,2,9H2,1H3. The van der Waals surface area contributed by atoms with E-state index in [1.807, 2.05) is 24.3 Å². The molecule has 1 N–H and O–H groups in total. The molecule has 112 valence electrons. The van der Waals surface area contributed by atoms with Crippen LogP contribution in [0.5, 0.6) is 0 Å². The molecule has 0 saturated carbocycles. The lowest BCUT2D eigenvalue weighted by Gasteiger charge is -2.20. The lowest BCUT2D eigenvalue weighted by atomic mass is 9.99. The van der Waals surface area contributed by atoms with E-state index < -0.39 is 0 Å². The fraction of sp³-hybridized carbons (Fsp3) is 0.250. The van der Waals surface area contributed by atoms with E-state index in [1.165, 1.54) is 0 Å². The monoisotopic (exact) mass is 453 g/mol. The average Bonchev–Trinajstić information content (AvgIpc) is 2.46. The van der Waals surface area contributed by atoms with Crippen molar-refractivity contribution in [2.45, 2.75) is 19.4 Å². The zero-order chi connectivity index (χ0) is 15.4. The van der Waals surface area contributed by atoms with Crippen LogP contribution in [-0.2, 0) is 6.42 Å². The van der Waals surface area contributed by atoms with Gasteiger partial charge in [0.2, 0.25) is 0 Å². The number of hydrogen-bond acceptors (Lipinski definition) is 1. The van der Waals surface area contributed by atoms with Gasteiger partial charge >= 0.3 is 0 Å². The molecule has 0 fully saturated rings. The maximum atomic E-state index is 6.29. The predicted octanol–water partition coefficient (Wildman–Crippen LogP) is 6.14. The molecule has 2 aromatic carbocycles. The normalized spacial score (nSPS) is 12.4. The van der Waals surface area contributed by atoms with Crippen LogP contribution in [0.25, 0.3) is 0 Å². The maximum Gasteiger partial charge on any atom is 0.0624 e. The van der Waals surface area contributed by atoms with Crippen molar-refractivity contribution < 1.29 is 0 Å². The van der Waals surface area contributed by atoms with E-state index >= 15 is 0 Å². The quantitative estimate of drug-likeness (QED) is 0.535. The number of likely N-dealkylation sites (N-methyl/N-ethyl adjacent to an activating group) is 1. The van der Waals surface area contributed by atoms with E-state index in [-0.39, 0.29) is 6.04 Å². The Bertz CT molecular complexity index is 631. The van der Waals surface area contributed by atoms with Crippen molar-refractivity contribution in [1.29, 1.82) is 0 Å². The number of nitrogens with one attached hydrogen (secondary N) is 1. The molecule has 5 heteroatoms. The van der Waals surface area contributed by atoms with Crippen molar-refractivity contribution in [3.63, 3.8) is 0 Å². The van der Waals surface area contributed by atoms with Gasteiger partial charge < -0.3 is 5.32 Å². The second kappa shape index (κ2) is 8.02. The summed E-state index contributed by atoms with van der Waals surface area (Å²) in [6, 6.07) is 12.0. The molecular formula is C16H15Cl3IN. The minimum absolute atomic E-state index is 0.153. The van der Waals surface area contributed by atoms with Crippen molar-refractivity contribution in [2.75, 3.05) is 6.54 Å². The first-order chi connectivity index (χ1) is 10.0. The number of halogens is 4. The van der Waals surface area contributed by atoms with Gasteiger partial charge in [0.15, 0.2) is 0 Å². The van der Waals surface area contributed by atoms with Crippen molar-refractivity contribution >= 4 is 57.4 Å². The maximum absolute atomic E-state index is 6.29. The highest BCUT2D eigenvalue weighted by atomic mass is 127. The molecule has 1 nitrogen and oxygen atoms in total. The molecule has 0 bridgehead atoms. The van der Waals surface area contributed by atoms with Crippen molar-refractivity contribution in [3.8, 4) is 0 Å². The Labute approximate surface area is 154 Å². The third kappa shape index (κ3) is 4.49. The van der Waals surface area contributed by atoms with Crippen LogP contribution in [0.2, 0.25) is 15.1 Å². The Morgan fingerprint density at radius 3 is 2.52 bits per heavy atom. The minimum Gasteiger partial charge on any atom is -0.310 e. The van der Waals surface area contributed by atoms with Gasteiger partial charge in [-0.25, -0.2) is 0 Å². The Balaban J connectivity index is 2.30. The molecule has 1 atom stereocenters. The minimum atomic E-state index is 0.153. The molecule has 2 rings (SSSR count). The first-order valence-electron chi connectivity index (χ1n) is 6.64. The first kappa shape index (κ1) is 17.4. The largest absolute Gasteiger partial charge is 0.310 e. The van der Waals surface area contributed by atoms with Gasteiger partial charge in [0.25, 0.3) is 0 Å². The number of benzene rings is 2. The summed E-state index contributed by atoms with van der Waals surface area (Å²) >= 11 is 20.8. The molecule has 0 aliphatic heterocycles. The smallest absolute Gasteiger partial charge is 0.0624 e. The first-order valence-corrected chi connectivity index (χ1v) is 8.85. The molecular weight excluding hydrogens is 439 g/mol. The summed E-state index contributed by atoms with van der Waals surface area (Å²) in [5, 5.41) is 5.46. The van der Waals surface area contributed by atoms with Crippen LogP contribution in [0.1, 0.15) is 24.1 Å².